The minimum Gasteiger partial charge on any atom is -0.481 e. The van der Waals surface area contributed by atoms with E-state index in [9.17, 15) is 4.79 Å². The number of hydrogen-bond donors (Lipinski definition) is 5. The number of aliphatic carboxylic acids is 1. The topological polar surface area (TPSA) is 110 Å². The normalized spacial score (nSPS) is 11.5. The lowest BCUT2D eigenvalue weighted by Gasteiger charge is -2.13. The van der Waals surface area contributed by atoms with Gasteiger partial charge in [0.05, 0.1) is 6.42 Å². The third-order valence-corrected chi connectivity index (χ3v) is 0.701. The fourth-order valence-corrected chi connectivity index (χ4v) is 0.337. The van der Waals surface area contributed by atoms with E-state index in [4.69, 9.17) is 20.4 Å². The van der Waals surface area contributed by atoms with Gasteiger partial charge in [0, 0.05) is 6.54 Å². The Morgan fingerprint density at radius 3 is 2.20 bits per heavy atom. The summed E-state index contributed by atoms with van der Waals surface area (Å²) in [5.41, 5.74) is 0. The van der Waals surface area contributed by atoms with Crippen LogP contribution in [0, 0.1) is 0 Å². The zero-order chi connectivity index (χ0) is 8.20. The largest absolute Gasteiger partial charge is 0.481 e. The predicted molar refractivity (Wildman–Crippen MR) is 29.6 cm³/mol. The van der Waals surface area contributed by atoms with E-state index in [0.29, 0.717) is 0 Å². The molecule has 0 atom stereocenters. The number of hydrogen-bond acceptors (Lipinski definition) is 5. The number of carbonyl (C=O) groups is 1. The van der Waals surface area contributed by atoms with Crippen molar-refractivity contribution in [3.05, 3.63) is 0 Å². The molecule has 0 aliphatic heterocycles. The van der Waals surface area contributed by atoms with Crippen LogP contribution in [0.25, 0.3) is 0 Å². The van der Waals surface area contributed by atoms with Gasteiger partial charge >= 0.3 is 12.1 Å². The SMILES string of the molecule is O=C(O)CCNC(O)(O)O. The molecule has 6 heteroatoms. The minimum atomic E-state index is -2.98. The highest BCUT2D eigenvalue weighted by Crippen LogP contribution is 1.85. The number of nitrogens with one attached hydrogen (secondary N) is 1. The molecule has 0 radical (unpaired) electrons. The van der Waals surface area contributed by atoms with Crippen LogP contribution in [0.1, 0.15) is 6.42 Å². The first-order valence-corrected chi connectivity index (χ1v) is 2.56. The Morgan fingerprint density at radius 1 is 1.40 bits per heavy atom. The van der Waals surface area contributed by atoms with E-state index in [1.165, 1.54) is 0 Å². The van der Waals surface area contributed by atoms with Crippen molar-refractivity contribution in [3.8, 4) is 0 Å². The minimum absolute atomic E-state index is 0.209. The second kappa shape index (κ2) is 3.47. The number of rotatable bonds is 4. The molecule has 0 aliphatic rings. The van der Waals surface area contributed by atoms with Crippen LogP contribution >= 0.6 is 0 Å². The van der Waals surface area contributed by atoms with Crippen molar-refractivity contribution in [2.75, 3.05) is 6.54 Å². The van der Waals surface area contributed by atoms with Crippen molar-refractivity contribution in [1.82, 2.24) is 5.32 Å². The zero-order valence-electron chi connectivity index (χ0n) is 5.11. The molecule has 0 amide bonds. The highest BCUT2D eigenvalue weighted by Gasteiger charge is 2.16. The van der Waals surface area contributed by atoms with Crippen LogP contribution in [0.4, 0.5) is 0 Å². The highest BCUT2D eigenvalue weighted by atomic mass is 16.7. The summed E-state index contributed by atoms with van der Waals surface area (Å²) in [4.78, 5) is 9.80. The third-order valence-electron chi connectivity index (χ3n) is 0.701. The summed E-state index contributed by atoms with van der Waals surface area (Å²) < 4.78 is 0. The summed E-state index contributed by atoms with van der Waals surface area (Å²) in [7, 11) is 0. The average molecular weight is 151 g/mol. The van der Waals surface area contributed by atoms with E-state index >= 15 is 0 Å². The Balaban J connectivity index is 3.29. The molecule has 0 aliphatic carbocycles. The lowest BCUT2D eigenvalue weighted by molar-refractivity contribution is -0.330. The molecule has 0 aromatic rings. The van der Waals surface area contributed by atoms with E-state index in [2.05, 4.69) is 0 Å². The summed E-state index contributed by atoms with van der Waals surface area (Å²) in [6, 6.07) is 0. The van der Waals surface area contributed by atoms with Crippen LogP contribution in [0.2, 0.25) is 0 Å². The molecule has 0 saturated heterocycles. The van der Waals surface area contributed by atoms with Gasteiger partial charge in [-0.05, 0) is 0 Å². The van der Waals surface area contributed by atoms with Gasteiger partial charge < -0.3 is 20.4 Å². The molecule has 10 heavy (non-hydrogen) atoms. The monoisotopic (exact) mass is 151 g/mol. The predicted octanol–water partition coefficient (Wildman–Crippen LogP) is -2.36. The maximum atomic E-state index is 9.80. The third kappa shape index (κ3) is 7.31. The summed E-state index contributed by atoms with van der Waals surface area (Å²) in [6.07, 6.45) is -3.26. The fourth-order valence-electron chi connectivity index (χ4n) is 0.337. The zero-order valence-corrected chi connectivity index (χ0v) is 5.11. The molecule has 6 nitrogen and oxygen atoms in total. The van der Waals surface area contributed by atoms with E-state index in [1.807, 2.05) is 0 Å². The smallest absolute Gasteiger partial charge is 0.343 e. The van der Waals surface area contributed by atoms with Gasteiger partial charge in [0.25, 0.3) is 0 Å². The molecule has 0 aromatic carbocycles. The van der Waals surface area contributed by atoms with Gasteiger partial charge in [0.1, 0.15) is 0 Å². The molecule has 60 valence electrons. The number of carboxylic acid groups (broad SMARTS) is 1. The molecule has 0 fully saturated rings. The molecule has 0 bridgehead atoms. The van der Waals surface area contributed by atoms with Crippen molar-refractivity contribution < 1.29 is 25.2 Å². The maximum Gasteiger partial charge on any atom is 0.343 e. The van der Waals surface area contributed by atoms with Gasteiger partial charge in [0.15, 0.2) is 0 Å². The molecule has 0 rings (SSSR count). The van der Waals surface area contributed by atoms with Gasteiger partial charge in [0.2, 0.25) is 0 Å². The highest BCUT2D eigenvalue weighted by molar-refractivity contribution is 5.66. The van der Waals surface area contributed by atoms with Gasteiger partial charge in [-0.25, -0.2) is 5.32 Å². The second-order valence-corrected chi connectivity index (χ2v) is 1.71. The standard InChI is InChI=1S/C4H9NO5/c6-3(7)1-2-5-4(8,9)10/h5,8-10H,1-2H2,(H,6,7). The van der Waals surface area contributed by atoms with Gasteiger partial charge in [-0.3, -0.25) is 4.79 Å². The summed E-state index contributed by atoms with van der Waals surface area (Å²) in [5.74, 6) is -1.09. The lowest BCUT2D eigenvalue weighted by Crippen LogP contribution is -2.45. The second-order valence-electron chi connectivity index (χ2n) is 1.71. The van der Waals surface area contributed by atoms with E-state index in [0.717, 1.165) is 0 Å². The summed E-state index contributed by atoms with van der Waals surface area (Å²) in [5, 5.41) is 34.2. The first-order chi connectivity index (χ1) is 4.42. The molecule has 0 aromatic heterocycles. The molecule has 5 N–H and O–H groups in total. The summed E-state index contributed by atoms with van der Waals surface area (Å²) in [6.45, 7) is -0.209. The van der Waals surface area contributed by atoms with Crippen LogP contribution in [0.3, 0.4) is 0 Å². The summed E-state index contributed by atoms with van der Waals surface area (Å²) >= 11 is 0. The maximum absolute atomic E-state index is 9.80. The van der Waals surface area contributed by atoms with Crippen molar-refractivity contribution in [1.29, 1.82) is 0 Å². The van der Waals surface area contributed by atoms with Crippen molar-refractivity contribution in [2.24, 2.45) is 0 Å². The van der Waals surface area contributed by atoms with Crippen molar-refractivity contribution in [3.63, 3.8) is 0 Å². The van der Waals surface area contributed by atoms with Crippen LogP contribution in [0.15, 0.2) is 0 Å². The Labute approximate surface area is 56.7 Å². The van der Waals surface area contributed by atoms with Crippen LogP contribution in [0.5, 0.6) is 0 Å². The van der Waals surface area contributed by atoms with E-state index in [1.54, 1.807) is 5.32 Å². The average Bonchev–Trinajstić information content (AvgIpc) is 1.59. The van der Waals surface area contributed by atoms with Gasteiger partial charge in [-0.2, -0.15) is 0 Å². The Kier molecular flexibility index (Phi) is 3.23. The van der Waals surface area contributed by atoms with Crippen LogP contribution in [-0.4, -0.2) is 39.0 Å². The van der Waals surface area contributed by atoms with Gasteiger partial charge in [-0.1, -0.05) is 0 Å². The quantitative estimate of drug-likeness (QED) is 0.287. The first-order valence-electron chi connectivity index (χ1n) is 2.56. The van der Waals surface area contributed by atoms with Crippen molar-refractivity contribution in [2.45, 2.75) is 12.5 Å². The fraction of sp³-hybridized carbons (Fsp3) is 0.750. The molecular formula is C4H9NO5. The van der Waals surface area contributed by atoms with Crippen LogP contribution in [-0.2, 0) is 4.79 Å². The first kappa shape index (κ1) is 9.31. The van der Waals surface area contributed by atoms with Gasteiger partial charge in [-0.15, -0.1) is 0 Å². The van der Waals surface area contributed by atoms with E-state index in [-0.39, 0.29) is 13.0 Å². The van der Waals surface area contributed by atoms with E-state index < -0.39 is 12.1 Å². The number of carboxylic acids is 1. The Bertz CT molecular complexity index is 117. The van der Waals surface area contributed by atoms with Crippen molar-refractivity contribution >= 4 is 5.97 Å². The Morgan fingerprint density at radius 2 is 1.90 bits per heavy atom. The molecule has 0 heterocycles. The molecule has 0 saturated carbocycles. The molecule has 0 spiro atoms. The molecular weight excluding hydrogens is 142 g/mol. The molecule has 0 unspecified atom stereocenters. The number of aliphatic hydroxyl groups is 3. The lowest BCUT2D eigenvalue weighted by atomic mass is 10.4. The Hall–Kier alpha value is -0.690. The van der Waals surface area contributed by atoms with Crippen LogP contribution < -0.4 is 5.32 Å².